The summed E-state index contributed by atoms with van der Waals surface area (Å²) in [5, 5.41) is 6.32. The van der Waals surface area contributed by atoms with Gasteiger partial charge in [-0.15, -0.1) is 0 Å². The van der Waals surface area contributed by atoms with Crippen LogP contribution in [0.2, 0.25) is 0 Å². The molecule has 0 aliphatic rings. The number of nitrogens with zero attached hydrogens (tertiary/aromatic N) is 2. The minimum atomic E-state index is -5.45. The summed E-state index contributed by atoms with van der Waals surface area (Å²) in [6, 6.07) is 0. The van der Waals surface area contributed by atoms with Gasteiger partial charge in [0.1, 0.15) is 5.82 Å². The number of imidazole rings is 1. The summed E-state index contributed by atoms with van der Waals surface area (Å²) in [7, 11) is -10.9. The maximum Gasteiger partial charge on any atom is 0.371 e. The summed E-state index contributed by atoms with van der Waals surface area (Å²) in [6.07, 6.45) is 3.75. The van der Waals surface area contributed by atoms with Crippen molar-refractivity contribution in [2.24, 2.45) is 0 Å². The first kappa shape index (κ1) is 16.5. The van der Waals surface area contributed by atoms with E-state index in [4.69, 9.17) is 19.6 Å². The lowest BCUT2D eigenvalue weighted by atomic mass is 10.3. The van der Waals surface area contributed by atoms with E-state index in [9.17, 15) is 14.2 Å². The summed E-state index contributed by atoms with van der Waals surface area (Å²) in [5.74, 6) is 0.378. The molecular formula is C8H16N2O7P2. The number of hydrogen-bond acceptors (Lipinski definition) is 4. The molecule has 1 rings (SSSR count). The molecule has 5 N–H and O–H groups in total. The van der Waals surface area contributed by atoms with E-state index >= 15 is 0 Å². The van der Waals surface area contributed by atoms with Crippen LogP contribution in [0.5, 0.6) is 0 Å². The third-order valence-corrected chi connectivity index (χ3v) is 6.30. The average Bonchev–Trinajstić information content (AvgIpc) is 2.63. The van der Waals surface area contributed by atoms with Gasteiger partial charge in [0.2, 0.25) is 0 Å². The van der Waals surface area contributed by atoms with Crippen molar-refractivity contribution in [3.63, 3.8) is 0 Å². The topological polar surface area (TPSA) is 153 Å². The average molecular weight is 314 g/mol. The Morgan fingerprint density at radius 3 is 2.21 bits per heavy atom. The van der Waals surface area contributed by atoms with Crippen molar-refractivity contribution in [2.75, 3.05) is 0 Å². The molecule has 1 aromatic heterocycles. The Hall–Kier alpha value is -0.530. The SMILES string of the molecule is CCCc1nccn1CC(O)(P(=O)(O)O)P(=O)(O)O. The molecule has 0 unspecified atom stereocenters. The highest BCUT2D eigenvalue weighted by atomic mass is 31.2. The van der Waals surface area contributed by atoms with Crippen LogP contribution in [0.15, 0.2) is 12.4 Å². The van der Waals surface area contributed by atoms with Gasteiger partial charge < -0.3 is 29.2 Å². The van der Waals surface area contributed by atoms with E-state index in [1.807, 2.05) is 6.92 Å². The molecule has 0 bridgehead atoms. The largest absolute Gasteiger partial charge is 0.371 e. The lowest BCUT2D eigenvalue weighted by Crippen LogP contribution is -2.34. The zero-order valence-electron chi connectivity index (χ0n) is 10.1. The third kappa shape index (κ3) is 3.32. The zero-order chi connectivity index (χ0) is 14.9. The zero-order valence-corrected chi connectivity index (χ0v) is 11.9. The molecule has 0 atom stereocenters. The van der Waals surface area contributed by atoms with Crippen LogP contribution >= 0.6 is 15.2 Å². The molecule has 1 heterocycles. The molecule has 11 heteroatoms. The van der Waals surface area contributed by atoms with E-state index in [2.05, 4.69) is 4.98 Å². The van der Waals surface area contributed by atoms with Crippen LogP contribution in [0, 0.1) is 0 Å². The molecule has 0 aliphatic carbocycles. The standard InChI is InChI=1S/C8H16N2O7P2/c1-2-3-7-9-4-5-10(7)6-8(11,18(12,13)14)19(15,16)17/h4-5,11H,2-3,6H2,1H3,(H2,12,13,14)(H2,15,16,17). The van der Waals surface area contributed by atoms with Gasteiger partial charge in [0.15, 0.2) is 0 Å². The van der Waals surface area contributed by atoms with Crippen molar-refractivity contribution >= 4 is 15.2 Å². The van der Waals surface area contributed by atoms with E-state index in [1.165, 1.54) is 12.4 Å². The van der Waals surface area contributed by atoms with Crippen molar-refractivity contribution in [3.05, 3.63) is 18.2 Å². The first-order chi connectivity index (χ1) is 8.53. The molecule has 0 spiro atoms. The van der Waals surface area contributed by atoms with Crippen LogP contribution in [0.25, 0.3) is 0 Å². The fourth-order valence-electron chi connectivity index (χ4n) is 1.52. The van der Waals surface area contributed by atoms with Crippen molar-refractivity contribution in [2.45, 2.75) is 31.4 Å². The van der Waals surface area contributed by atoms with Crippen molar-refractivity contribution < 1.29 is 33.8 Å². The van der Waals surface area contributed by atoms with Gasteiger partial charge >= 0.3 is 15.2 Å². The second kappa shape index (κ2) is 5.46. The molecule has 0 saturated carbocycles. The second-order valence-electron chi connectivity index (χ2n) is 4.08. The molecule has 110 valence electrons. The van der Waals surface area contributed by atoms with Crippen molar-refractivity contribution in [3.8, 4) is 0 Å². The third-order valence-electron chi connectivity index (χ3n) is 2.59. The Morgan fingerprint density at radius 2 is 1.79 bits per heavy atom. The van der Waals surface area contributed by atoms with Gasteiger partial charge in [0.25, 0.3) is 5.08 Å². The Morgan fingerprint density at radius 1 is 1.26 bits per heavy atom. The van der Waals surface area contributed by atoms with Crippen LogP contribution < -0.4 is 0 Å². The highest BCUT2D eigenvalue weighted by Crippen LogP contribution is 2.68. The Bertz CT molecular complexity index is 509. The number of hydrogen-bond donors (Lipinski definition) is 5. The van der Waals surface area contributed by atoms with E-state index < -0.39 is 26.8 Å². The van der Waals surface area contributed by atoms with Gasteiger partial charge in [-0.3, -0.25) is 9.13 Å². The summed E-state index contributed by atoms with van der Waals surface area (Å²) < 4.78 is 23.6. The molecule has 0 fully saturated rings. The molecule has 0 radical (unpaired) electrons. The van der Waals surface area contributed by atoms with Crippen molar-refractivity contribution in [1.82, 2.24) is 9.55 Å². The Kier molecular flexibility index (Phi) is 4.75. The molecular weight excluding hydrogens is 298 g/mol. The molecule has 0 aromatic carbocycles. The van der Waals surface area contributed by atoms with E-state index in [1.54, 1.807) is 0 Å². The predicted molar refractivity (Wildman–Crippen MR) is 65.3 cm³/mol. The highest BCUT2D eigenvalue weighted by Gasteiger charge is 2.59. The Labute approximate surface area is 109 Å². The van der Waals surface area contributed by atoms with E-state index in [0.717, 1.165) is 4.57 Å². The number of aromatic nitrogens is 2. The molecule has 9 nitrogen and oxygen atoms in total. The molecule has 0 saturated heterocycles. The van der Waals surface area contributed by atoms with Gasteiger partial charge in [0.05, 0.1) is 6.54 Å². The predicted octanol–water partition coefficient (Wildman–Crippen LogP) is -0.163. The summed E-state index contributed by atoms with van der Waals surface area (Å²) >= 11 is 0. The molecule has 0 amide bonds. The molecule has 19 heavy (non-hydrogen) atoms. The molecule has 0 aliphatic heterocycles. The fourth-order valence-corrected chi connectivity index (χ4v) is 3.55. The fraction of sp³-hybridized carbons (Fsp3) is 0.625. The lowest BCUT2D eigenvalue weighted by molar-refractivity contribution is 0.114. The van der Waals surface area contributed by atoms with Crippen LogP contribution in [0.1, 0.15) is 19.2 Å². The summed E-state index contributed by atoms with van der Waals surface area (Å²) in [5.41, 5.74) is 0. The minimum absolute atomic E-state index is 0.378. The van der Waals surface area contributed by atoms with Crippen LogP contribution in [0.4, 0.5) is 0 Å². The quantitative estimate of drug-likeness (QED) is 0.454. The number of aliphatic hydroxyl groups is 1. The summed E-state index contributed by atoms with van der Waals surface area (Å²) in [6.45, 7) is 0.911. The normalized spacial score (nSPS) is 13.8. The number of rotatable bonds is 6. The molecule has 1 aromatic rings. The van der Waals surface area contributed by atoms with Gasteiger partial charge in [-0.05, 0) is 6.42 Å². The van der Waals surface area contributed by atoms with E-state index in [0.29, 0.717) is 18.7 Å². The van der Waals surface area contributed by atoms with Crippen molar-refractivity contribution in [1.29, 1.82) is 0 Å². The first-order valence-corrected chi connectivity index (χ1v) is 8.59. The van der Waals surface area contributed by atoms with E-state index in [-0.39, 0.29) is 0 Å². The van der Waals surface area contributed by atoms with Crippen LogP contribution in [0.3, 0.4) is 0 Å². The monoisotopic (exact) mass is 314 g/mol. The van der Waals surface area contributed by atoms with Gasteiger partial charge in [-0.2, -0.15) is 0 Å². The smallest absolute Gasteiger partial charge is 0.366 e. The van der Waals surface area contributed by atoms with Crippen LogP contribution in [-0.4, -0.2) is 39.3 Å². The highest BCUT2D eigenvalue weighted by molar-refractivity contribution is 7.72. The van der Waals surface area contributed by atoms with Crippen LogP contribution in [-0.2, 0) is 22.1 Å². The lowest BCUT2D eigenvalue weighted by Gasteiger charge is -2.29. The minimum Gasteiger partial charge on any atom is -0.366 e. The number of aryl methyl sites for hydroxylation is 1. The second-order valence-corrected chi connectivity index (χ2v) is 8.09. The van der Waals surface area contributed by atoms with Gasteiger partial charge in [-0.1, -0.05) is 6.92 Å². The van der Waals surface area contributed by atoms with Gasteiger partial charge in [0, 0.05) is 18.8 Å². The summed E-state index contributed by atoms with van der Waals surface area (Å²) in [4.78, 5) is 40.0. The Balaban J connectivity index is 3.20. The van der Waals surface area contributed by atoms with Gasteiger partial charge in [-0.25, -0.2) is 4.98 Å². The first-order valence-electron chi connectivity index (χ1n) is 5.36. The maximum atomic E-state index is 11.2. The maximum absolute atomic E-state index is 11.2.